The van der Waals surface area contributed by atoms with Crippen LogP contribution in [-0.2, 0) is 0 Å². The summed E-state index contributed by atoms with van der Waals surface area (Å²) in [5, 5.41) is 15.0. The second-order valence-electron chi connectivity index (χ2n) is 4.96. The summed E-state index contributed by atoms with van der Waals surface area (Å²) in [5.41, 5.74) is 0.396. The standard InChI is InChI=1S/C14H19FN2O2/c15-11-6-3-7-12(8-11)17-14(19)16-9-13(18)10-4-1-2-5-10/h3,6-8,10,13,18H,1-2,4-5,9H2,(H2,16,17,19). The highest BCUT2D eigenvalue weighted by molar-refractivity contribution is 5.89. The van der Waals surface area contributed by atoms with E-state index in [1.807, 2.05) is 0 Å². The van der Waals surface area contributed by atoms with Gasteiger partial charge in [-0.2, -0.15) is 0 Å². The lowest BCUT2D eigenvalue weighted by atomic mass is 10.0. The Morgan fingerprint density at radius 1 is 1.42 bits per heavy atom. The molecule has 0 aliphatic heterocycles. The molecule has 1 aliphatic rings. The molecule has 0 spiro atoms. The van der Waals surface area contributed by atoms with Gasteiger partial charge in [-0.15, -0.1) is 0 Å². The van der Waals surface area contributed by atoms with E-state index in [1.165, 1.54) is 18.2 Å². The van der Waals surface area contributed by atoms with Crippen molar-refractivity contribution >= 4 is 11.7 Å². The minimum atomic E-state index is -0.499. The molecule has 0 saturated heterocycles. The van der Waals surface area contributed by atoms with Crippen LogP contribution in [0.25, 0.3) is 0 Å². The van der Waals surface area contributed by atoms with E-state index in [0.717, 1.165) is 25.7 Å². The Kier molecular flexibility index (Phi) is 4.74. The summed E-state index contributed by atoms with van der Waals surface area (Å²) < 4.78 is 12.9. The van der Waals surface area contributed by atoms with Crippen molar-refractivity contribution in [3.8, 4) is 0 Å². The van der Waals surface area contributed by atoms with Crippen LogP contribution >= 0.6 is 0 Å². The predicted octanol–water partition coefficient (Wildman–Crippen LogP) is 2.50. The van der Waals surface area contributed by atoms with Crippen LogP contribution < -0.4 is 10.6 Å². The van der Waals surface area contributed by atoms with E-state index in [0.29, 0.717) is 5.69 Å². The van der Waals surface area contributed by atoms with Gasteiger partial charge >= 0.3 is 6.03 Å². The van der Waals surface area contributed by atoms with Gasteiger partial charge in [0.1, 0.15) is 5.82 Å². The van der Waals surface area contributed by atoms with E-state index >= 15 is 0 Å². The summed E-state index contributed by atoms with van der Waals surface area (Å²) >= 11 is 0. The van der Waals surface area contributed by atoms with Crippen molar-refractivity contribution in [2.75, 3.05) is 11.9 Å². The van der Waals surface area contributed by atoms with E-state index in [1.54, 1.807) is 6.07 Å². The summed E-state index contributed by atoms with van der Waals surface area (Å²) in [5.74, 6) is -0.113. The number of carbonyl (C=O) groups excluding carboxylic acids is 1. The Labute approximate surface area is 112 Å². The largest absolute Gasteiger partial charge is 0.391 e. The molecule has 1 fully saturated rings. The molecular formula is C14H19FN2O2. The number of carbonyl (C=O) groups is 1. The quantitative estimate of drug-likeness (QED) is 0.784. The number of benzene rings is 1. The average molecular weight is 266 g/mol. The molecule has 2 rings (SSSR count). The predicted molar refractivity (Wildman–Crippen MR) is 71.4 cm³/mol. The monoisotopic (exact) mass is 266 g/mol. The number of aliphatic hydroxyl groups is 1. The molecular weight excluding hydrogens is 247 g/mol. The lowest BCUT2D eigenvalue weighted by molar-refractivity contribution is 0.111. The summed E-state index contributed by atoms with van der Waals surface area (Å²) in [6, 6.07) is 5.26. The third kappa shape index (κ3) is 4.21. The Balaban J connectivity index is 1.75. The van der Waals surface area contributed by atoms with Crippen LogP contribution in [0.4, 0.5) is 14.9 Å². The first kappa shape index (κ1) is 13.8. The van der Waals surface area contributed by atoms with Gasteiger partial charge in [0, 0.05) is 12.2 Å². The molecule has 1 atom stereocenters. The van der Waals surface area contributed by atoms with Gasteiger partial charge in [-0.1, -0.05) is 18.9 Å². The van der Waals surface area contributed by atoms with Gasteiger partial charge in [0.05, 0.1) is 6.10 Å². The average Bonchev–Trinajstić information content (AvgIpc) is 2.90. The molecule has 3 N–H and O–H groups in total. The number of halogens is 1. The highest BCUT2D eigenvalue weighted by Crippen LogP contribution is 2.27. The molecule has 5 heteroatoms. The van der Waals surface area contributed by atoms with Crippen molar-refractivity contribution in [2.45, 2.75) is 31.8 Å². The molecule has 0 bridgehead atoms. The maximum absolute atomic E-state index is 12.9. The Bertz CT molecular complexity index is 433. The molecule has 4 nitrogen and oxygen atoms in total. The number of nitrogens with one attached hydrogen (secondary N) is 2. The fourth-order valence-corrected chi connectivity index (χ4v) is 2.45. The number of urea groups is 1. The zero-order valence-electron chi connectivity index (χ0n) is 10.7. The van der Waals surface area contributed by atoms with Crippen molar-refractivity contribution in [3.05, 3.63) is 30.1 Å². The maximum Gasteiger partial charge on any atom is 0.319 e. The van der Waals surface area contributed by atoms with E-state index in [4.69, 9.17) is 0 Å². The van der Waals surface area contributed by atoms with Crippen LogP contribution in [0.1, 0.15) is 25.7 Å². The van der Waals surface area contributed by atoms with Crippen LogP contribution in [-0.4, -0.2) is 23.8 Å². The number of rotatable bonds is 4. The van der Waals surface area contributed by atoms with Crippen molar-refractivity contribution in [2.24, 2.45) is 5.92 Å². The van der Waals surface area contributed by atoms with E-state index in [2.05, 4.69) is 10.6 Å². The van der Waals surface area contributed by atoms with Crippen molar-refractivity contribution < 1.29 is 14.3 Å². The zero-order valence-corrected chi connectivity index (χ0v) is 10.7. The molecule has 1 aromatic carbocycles. The zero-order chi connectivity index (χ0) is 13.7. The number of hydrogen-bond acceptors (Lipinski definition) is 2. The molecule has 0 heterocycles. The highest BCUT2D eigenvalue weighted by Gasteiger charge is 2.23. The maximum atomic E-state index is 12.9. The highest BCUT2D eigenvalue weighted by atomic mass is 19.1. The minimum absolute atomic E-state index is 0.228. The third-order valence-electron chi connectivity index (χ3n) is 3.50. The summed E-state index contributed by atoms with van der Waals surface area (Å²) in [6.45, 7) is 0.228. The molecule has 1 unspecified atom stereocenters. The van der Waals surface area contributed by atoms with Gasteiger partial charge in [0.15, 0.2) is 0 Å². The first-order valence-corrected chi connectivity index (χ1v) is 6.63. The van der Waals surface area contributed by atoms with Gasteiger partial charge in [0.2, 0.25) is 0 Å². The van der Waals surface area contributed by atoms with Crippen molar-refractivity contribution in [3.63, 3.8) is 0 Å². The summed E-state index contributed by atoms with van der Waals surface area (Å²) in [7, 11) is 0. The van der Waals surface area contributed by atoms with Gasteiger partial charge in [-0.25, -0.2) is 9.18 Å². The van der Waals surface area contributed by atoms with E-state index in [-0.39, 0.29) is 12.5 Å². The SMILES string of the molecule is O=C(NCC(O)C1CCCC1)Nc1cccc(F)c1. The van der Waals surface area contributed by atoms with Gasteiger partial charge < -0.3 is 15.7 Å². The fraction of sp³-hybridized carbons (Fsp3) is 0.500. The van der Waals surface area contributed by atoms with Gasteiger partial charge in [0.25, 0.3) is 0 Å². The second kappa shape index (κ2) is 6.52. The van der Waals surface area contributed by atoms with Crippen LogP contribution in [0.2, 0.25) is 0 Å². The smallest absolute Gasteiger partial charge is 0.319 e. The van der Waals surface area contributed by atoms with Crippen molar-refractivity contribution in [1.29, 1.82) is 0 Å². The number of anilines is 1. The normalized spacial score (nSPS) is 17.2. The van der Waals surface area contributed by atoms with E-state index < -0.39 is 18.0 Å². The Hall–Kier alpha value is -1.62. The minimum Gasteiger partial charge on any atom is -0.391 e. The number of aliphatic hydroxyl groups excluding tert-OH is 1. The molecule has 0 radical (unpaired) electrons. The van der Waals surface area contributed by atoms with Crippen LogP contribution in [0, 0.1) is 11.7 Å². The lowest BCUT2D eigenvalue weighted by Crippen LogP contribution is -2.37. The molecule has 0 aromatic heterocycles. The molecule has 19 heavy (non-hydrogen) atoms. The Morgan fingerprint density at radius 3 is 2.84 bits per heavy atom. The molecule has 104 valence electrons. The van der Waals surface area contributed by atoms with Crippen LogP contribution in [0.3, 0.4) is 0 Å². The van der Waals surface area contributed by atoms with Gasteiger partial charge in [-0.05, 0) is 37.0 Å². The van der Waals surface area contributed by atoms with E-state index in [9.17, 15) is 14.3 Å². The van der Waals surface area contributed by atoms with Crippen LogP contribution in [0.5, 0.6) is 0 Å². The first-order valence-electron chi connectivity index (χ1n) is 6.63. The second-order valence-corrected chi connectivity index (χ2v) is 4.96. The van der Waals surface area contributed by atoms with Crippen LogP contribution in [0.15, 0.2) is 24.3 Å². The fourth-order valence-electron chi connectivity index (χ4n) is 2.45. The summed E-state index contributed by atoms with van der Waals surface area (Å²) in [6.07, 6.45) is 3.85. The number of amides is 2. The molecule has 1 aliphatic carbocycles. The third-order valence-corrected chi connectivity index (χ3v) is 3.50. The lowest BCUT2D eigenvalue weighted by Gasteiger charge is -2.18. The molecule has 1 saturated carbocycles. The molecule has 2 amide bonds. The number of hydrogen-bond donors (Lipinski definition) is 3. The molecule has 1 aromatic rings. The van der Waals surface area contributed by atoms with Crippen molar-refractivity contribution in [1.82, 2.24) is 5.32 Å². The first-order chi connectivity index (χ1) is 9.15. The topological polar surface area (TPSA) is 61.4 Å². The van der Waals surface area contributed by atoms with Gasteiger partial charge in [-0.3, -0.25) is 0 Å². The Morgan fingerprint density at radius 2 is 2.16 bits per heavy atom. The summed E-state index contributed by atoms with van der Waals surface area (Å²) in [4.78, 5) is 11.6.